The summed E-state index contributed by atoms with van der Waals surface area (Å²) in [5, 5.41) is 19.5. The standard InChI is InChI=1S/C15H24N8O2S/c16-14(20-21-17)13-12(3-6-19-15(13)26(18,24)25)23-9-4-11(5-10-23)22-7-1-2-8-22/h3,6,11H,1-2,4-5,7-10H2,(H3,16,17,20)(H2,18,24,25). The normalized spacial score (nSPS) is 20.1. The lowest BCUT2D eigenvalue weighted by Gasteiger charge is -2.38. The second-order valence-corrected chi connectivity index (χ2v) is 8.06. The highest BCUT2D eigenvalue weighted by Crippen LogP contribution is 2.30. The van der Waals surface area contributed by atoms with E-state index in [1.165, 1.54) is 19.0 Å². The molecule has 10 nitrogen and oxygen atoms in total. The summed E-state index contributed by atoms with van der Waals surface area (Å²) in [4.78, 5) is 8.44. The average Bonchev–Trinajstić information content (AvgIpc) is 3.15. The van der Waals surface area contributed by atoms with Crippen molar-refractivity contribution in [1.29, 1.82) is 5.41 Å². The second-order valence-electron chi connectivity index (χ2n) is 6.58. The SMILES string of the molecule is N=C(N=NN)c1c(N2CCC(N3CCCC3)CC2)ccnc1S(N)(=O)=O. The van der Waals surface area contributed by atoms with Gasteiger partial charge in [-0.3, -0.25) is 5.41 Å². The molecule has 1 aromatic rings. The van der Waals surface area contributed by atoms with E-state index in [0.717, 1.165) is 39.0 Å². The number of sulfonamides is 1. The van der Waals surface area contributed by atoms with Gasteiger partial charge in [0.1, 0.15) is 0 Å². The zero-order chi connectivity index (χ0) is 18.7. The Labute approximate surface area is 152 Å². The van der Waals surface area contributed by atoms with Crippen LogP contribution >= 0.6 is 0 Å². The number of amidine groups is 1. The van der Waals surface area contributed by atoms with Crippen LogP contribution in [0.5, 0.6) is 0 Å². The predicted octanol–water partition coefficient (Wildman–Crippen LogP) is 0.445. The highest BCUT2D eigenvalue weighted by Gasteiger charge is 2.30. The van der Waals surface area contributed by atoms with E-state index in [9.17, 15) is 8.42 Å². The van der Waals surface area contributed by atoms with Crippen molar-refractivity contribution in [2.75, 3.05) is 31.1 Å². The molecule has 3 rings (SSSR count). The molecule has 11 heteroatoms. The summed E-state index contributed by atoms with van der Waals surface area (Å²) in [5.74, 6) is 4.67. The molecule has 0 bridgehead atoms. The van der Waals surface area contributed by atoms with Gasteiger partial charge in [0.2, 0.25) is 0 Å². The summed E-state index contributed by atoms with van der Waals surface area (Å²) in [6.07, 6.45) is 5.87. The number of hydrogen-bond donors (Lipinski definition) is 3. The van der Waals surface area contributed by atoms with Crippen molar-refractivity contribution in [1.82, 2.24) is 9.88 Å². The topological polar surface area (TPSA) is 154 Å². The molecule has 0 atom stereocenters. The van der Waals surface area contributed by atoms with Crippen LogP contribution < -0.4 is 15.9 Å². The Morgan fingerprint density at radius 2 is 1.88 bits per heavy atom. The van der Waals surface area contributed by atoms with Gasteiger partial charge in [0.05, 0.1) is 11.3 Å². The van der Waals surface area contributed by atoms with Crippen LogP contribution in [0.3, 0.4) is 0 Å². The van der Waals surface area contributed by atoms with Crippen molar-refractivity contribution in [2.45, 2.75) is 36.8 Å². The molecule has 0 radical (unpaired) electrons. The minimum Gasteiger partial charge on any atom is -0.371 e. The lowest BCUT2D eigenvalue weighted by molar-refractivity contribution is 0.208. The molecule has 26 heavy (non-hydrogen) atoms. The van der Waals surface area contributed by atoms with Gasteiger partial charge in [-0.1, -0.05) is 5.22 Å². The molecule has 2 aliphatic heterocycles. The molecular weight excluding hydrogens is 356 g/mol. The van der Waals surface area contributed by atoms with E-state index in [1.54, 1.807) is 6.07 Å². The second kappa shape index (κ2) is 7.64. The van der Waals surface area contributed by atoms with Crippen molar-refractivity contribution in [3.63, 3.8) is 0 Å². The first-order valence-corrected chi connectivity index (χ1v) is 10.2. The van der Waals surface area contributed by atoms with Crippen molar-refractivity contribution in [3.8, 4) is 0 Å². The molecule has 0 aliphatic carbocycles. The Kier molecular flexibility index (Phi) is 5.49. The summed E-state index contributed by atoms with van der Waals surface area (Å²) >= 11 is 0. The monoisotopic (exact) mass is 380 g/mol. The molecule has 3 heterocycles. The minimum absolute atomic E-state index is 0.0452. The van der Waals surface area contributed by atoms with Crippen LogP contribution in [-0.4, -0.2) is 56.4 Å². The molecular formula is C15H24N8O2S. The van der Waals surface area contributed by atoms with Gasteiger partial charge < -0.3 is 15.6 Å². The number of piperidine rings is 1. The van der Waals surface area contributed by atoms with Crippen molar-refractivity contribution >= 4 is 21.5 Å². The molecule has 2 fully saturated rings. The molecule has 2 saturated heterocycles. The fourth-order valence-electron chi connectivity index (χ4n) is 3.82. The van der Waals surface area contributed by atoms with Gasteiger partial charge in [-0.25, -0.2) is 18.5 Å². The minimum atomic E-state index is -4.11. The number of primary sulfonamides is 1. The van der Waals surface area contributed by atoms with E-state index in [2.05, 4.69) is 25.1 Å². The summed E-state index contributed by atoms with van der Waals surface area (Å²) < 4.78 is 23.8. The highest BCUT2D eigenvalue weighted by molar-refractivity contribution is 7.89. The Hall–Kier alpha value is -2.11. The molecule has 5 N–H and O–H groups in total. The third-order valence-electron chi connectivity index (χ3n) is 5.02. The van der Waals surface area contributed by atoms with Gasteiger partial charge >= 0.3 is 0 Å². The molecule has 0 aromatic carbocycles. The van der Waals surface area contributed by atoms with E-state index in [0.29, 0.717) is 11.7 Å². The summed E-state index contributed by atoms with van der Waals surface area (Å²) in [5.41, 5.74) is 0.616. The van der Waals surface area contributed by atoms with Crippen molar-refractivity contribution in [3.05, 3.63) is 17.8 Å². The maximum absolute atomic E-state index is 11.9. The van der Waals surface area contributed by atoms with Gasteiger partial charge in [-0.05, 0) is 44.8 Å². The van der Waals surface area contributed by atoms with Crippen LogP contribution in [0.1, 0.15) is 31.2 Å². The number of nitrogens with zero attached hydrogens (tertiary/aromatic N) is 5. The van der Waals surface area contributed by atoms with Crippen LogP contribution in [0.15, 0.2) is 27.6 Å². The lowest BCUT2D eigenvalue weighted by atomic mass is 10.0. The fourth-order valence-corrected chi connectivity index (χ4v) is 4.51. The Morgan fingerprint density at radius 3 is 2.46 bits per heavy atom. The smallest absolute Gasteiger partial charge is 0.256 e. The summed E-state index contributed by atoms with van der Waals surface area (Å²) in [6.45, 7) is 3.83. The fraction of sp³-hybridized carbons (Fsp3) is 0.600. The zero-order valence-electron chi connectivity index (χ0n) is 14.5. The first-order valence-electron chi connectivity index (χ1n) is 8.62. The van der Waals surface area contributed by atoms with E-state index in [4.69, 9.17) is 16.4 Å². The van der Waals surface area contributed by atoms with E-state index in [-0.39, 0.29) is 16.4 Å². The van der Waals surface area contributed by atoms with E-state index < -0.39 is 10.0 Å². The third kappa shape index (κ3) is 3.84. The first kappa shape index (κ1) is 18.7. The number of anilines is 1. The van der Waals surface area contributed by atoms with Crippen LogP contribution in [0, 0.1) is 5.41 Å². The molecule has 0 saturated carbocycles. The van der Waals surface area contributed by atoms with E-state index >= 15 is 0 Å². The third-order valence-corrected chi connectivity index (χ3v) is 5.87. The molecule has 0 unspecified atom stereocenters. The molecule has 142 valence electrons. The highest BCUT2D eigenvalue weighted by atomic mass is 32.2. The first-order chi connectivity index (χ1) is 12.4. The Morgan fingerprint density at radius 1 is 1.23 bits per heavy atom. The maximum atomic E-state index is 11.9. The number of nitrogens with one attached hydrogen (secondary N) is 1. The average molecular weight is 380 g/mol. The van der Waals surface area contributed by atoms with E-state index in [1.807, 2.05) is 0 Å². The van der Waals surface area contributed by atoms with Crippen LogP contribution in [-0.2, 0) is 10.0 Å². The number of likely N-dealkylation sites (tertiary alicyclic amines) is 1. The Bertz CT molecular complexity index is 796. The summed E-state index contributed by atoms with van der Waals surface area (Å²) in [7, 11) is -4.11. The maximum Gasteiger partial charge on any atom is 0.256 e. The number of pyridine rings is 1. The predicted molar refractivity (Wildman–Crippen MR) is 97.5 cm³/mol. The number of rotatable bonds is 4. The summed E-state index contributed by atoms with van der Waals surface area (Å²) in [6, 6.07) is 2.24. The van der Waals surface area contributed by atoms with Gasteiger partial charge in [-0.15, -0.1) is 5.11 Å². The molecule has 0 spiro atoms. The quantitative estimate of drug-likeness (QED) is 0.226. The lowest BCUT2D eigenvalue weighted by Crippen LogP contribution is -2.44. The van der Waals surface area contributed by atoms with Crippen molar-refractivity contribution < 1.29 is 8.42 Å². The zero-order valence-corrected chi connectivity index (χ0v) is 15.3. The number of aromatic nitrogens is 1. The number of nitrogens with two attached hydrogens (primary N) is 2. The van der Waals surface area contributed by atoms with Crippen molar-refractivity contribution in [2.24, 2.45) is 21.3 Å². The van der Waals surface area contributed by atoms with Crippen LogP contribution in [0.25, 0.3) is 0 Å². The largest absolute Gasteiger partial charge is 0.371 e. The van der Waals surface area contributed by atoms with Gasteiger partial charge in [0, 0.05) is 25.3 Å². The van der Waals surface area contributed by atoms with Gasteiger partial charge in [-0.2, -0.15) is 0 Å². The van der Waals surface area contributed by atoms with Crippen LogP contribution in [0.4, 0.5) is 5.69 Å². The molecule has 2 aliphatic rings. The van der Waals surface area contributed by atoms with Gasteiger partial charge in [0.15, 0.2) is 10.9 Å². The Balaban J connectivity index is 1.89. The molecule has 0 amide bonds. The number of hydrogen-bond acceptors (Lipinski definition) is 7. The van der Waals surface area contributed by atoms with Gasteiger partial charge in [0.25, 0.3) is 10.0 Å². The van der Waals surface area contributed by atoms with Crippen LogP contribution in [0.2, 0.25) is 0 Å². The molecule has 1 aromatic heterocycles.